The van der Waals surface area contributed by atoms with Crippen LogP contribution in [0, 0.1) is 53.0 Å². The number of carbonyl (C=O) groups is 3. The van der Waals surface area contributed by atoms with Crippen molar-refractivity contribution < 1.29 is 27.6 Å². The maximum atomic E-state index is 16.5. The van der Waals surface area contributed by atoms with E-state index in [1.54, 1.807) is 54.6 Å². The third kappa shape index (κ3) is 10.7. The molecule has 0 atom stereocenters. The van der Waals surface area contributed by atoms with Crippen LogP contribution in [0.25, 0.3) is 0 Å². The number of nitrogens with two attached hydrogens (primary N) is 3. The van der Waals surface area contributed by atoms with E-state index in [1.165, 1.54) is 0 Å². The molecule has 4 aromatic rings. The second-order valence-electron chi connectivity index (χ2n) is 16.3. The van der Waals surface area contributed by atoms with E-state index in [-0.39, 0.29) is 50.0 Å². The summed E-state index contributed by atoms with van der Waals surface area (Å²) in [4.78, 5) is 35.5. The zero-order chi connectivity index (χ0) is 42.6. The van der Waals surface area contributed by atoms with Crippen molar-refractivity contribution in [2.24, 2.45) is 17.2 Å². The first kappa shape index (κ1) is 42.9. The smallest absolute Gasteiger partial charge is 0.316 e. The van der Waals surface area contributed by atoms with E-state index in [4.69, 9.17) is 17.2 Å². The summed E-state index contributed by atoms with van der Waals surface area (Å²) in [6, 6.07) is 12.2. The summed E-state index contributed by atoms with van der Waals surface area (Å²) in [5.41, 5.74) is 15.8. The van der Waals surface area contributed by atoms with Crippen molar-refractivity contribution >= 4 is 35.2 Å². The van der Waals surface area contributed by atoms with E-state index in [1.807, 2.05) is 62.3 Å². The van der Waals surface area contributed by atoms with Gasteiger partial charge in [0.15, 0.2) is 17.5 Å². The van der Waals surface area contributed by atoms with E-state index in [9.17, 15) is 14.4 Å². The van der Waals surface area contributed by atoms with Crippen molar-refractivity contribution in [3.8, 4) is 35.5 Å². The summed E-state index contributed by atoms with van der Waals surface area (Å²) < 4.78 is 49.6. The number of hydrogen-bond donors (Lipinski definition) is 6. The average molecular weight is 775 g/mol. The van der Waals surface area contributed by atoms with E-state index in [0.717, 1.165) is 16.7 Å². The van der Waals surface area contributed by atoms with E-state index >= 15 is 13.2 Å². The molecule has 9 N–H and O–H groups in total. The Labute approximate surface area is 331 Å². The molecule has 57 heavy (non-hydrogen) atoms. The molecule has 0 spiro atoms. The molecule has 6 amide bonds. The lowest BCUT2D eigenvalue weighted by atomic mass is 9.86. The molecular weight excluding hydrogens is 730 g/mol. The molecule has 0 aliphatic carbocycles. The lowest BCUT2D eigenvalue weighted by Crippen LogP contribution is -2.20. The Morgan fingerprint density at radius 2 is 0.667 bits per heavy atom. The minimum Gasteiger partial charge on any atom is -0.351 e. The predicted molar refractivity (Wildman–Crippen MR) is 219 cm³/mol. The van der Waals surface area contributed by atoms with E-state index < -0.39 is 52.2 Å². The molecule has 0 radical (unpaired) electrons. The van der Waals surface area contributed by atoms with Gasteiger partial charge in [0, 0.05) is 16.7 Å². The summed E-state index contributed by atoms with van der Waals surface area (Å²) >= 11 is 0. The first-order valence-electron chi connectivity index (χ1n) is 17.8. The highest BCUT2D eigenvalue weighted by atomic mass is 19.1. The number of rotatable bonds is 3. The van der Waals surface area contributed by atoms with Crippen molar-refractivity contribution in [2.45, 2.75) is 78.6 Å². The van der Waals surface area contributed by atoms with Gasteiger partial charge in [-0.05, 0) is 69.3 Å². The molecule has 0 bridgehead atoms. The third-order valence-corrected chi connectivity index (χ3v) is 8.71. The van der Waals surface area contributed by atoms with E-state index in [0.29, 0.717) is 0 Å². The summed E-state index contributed by atoms with van der Waals surface area (Å²) in [5, 5.41) is 7.38. The van der Waals surface area contributed by atoms with Gasteiger partial charge in [-0.25, -0.2) is 27.6 Å². The second kappa shape index (κ2) is 16.5. The number of halogens is 3. The predicted octanol–water partition coefficient (Wildman–Crippen LogP) is 8.67. The van der Waals surface area contributed by atoms with Gasteiger partial charge in [-0.3, -0.25) is 0 Å². The zero-order valence-corrected chi connectivity index (χ0v) is 33.3. The Morgan fingerprint density at radius 3 is 0.860 bits per heavy atom. The molecule has 0 saturated heterocycles. The molecule has 294 valence electrons. The Balaban J connectivity index is 2.09. The molecule has 0 fully saturated rings. The number of urea groups is 3. The van der Waals surface area contributed by atoms with E-state index in [2.05, 4.69) is 51.5 Å². The molecule has 12 heteroatoms. The van der Waals surface area contributed by atoms with Crippen LogP contribution in [0.3, 0.4) is 0 Å². The van der Waals surface area contributed by atoms with Crippen LogP contribution in [-0.2, 0) is 16.2 Å². The van der Waals surface area contributed by atoms with Gasteiger partial charge < -0.3 is 33.2 Å². The number of nitrogens with one attached hydrogen (secondary N) is 3. The number of primary amides is 3. The van der Waals surface area contributed by atoms with Crippen LogP contribution in [0.5, 0.6) is 0 Å². The molecule has 4 rings (SSSR count). The lowest BCUT2D eigenvalue weighted by molar-refractivity contribution is 0.258. The number of amides is 6. The highest BCUT2D eigenvalue weighted by molar-refractivity contribution is 5.91. The van der Waals surface area contributed by atoms with Gasteiger partial charge in [-0.2, -0.15) is 0 Å². The Hall–Kier alpha value is -6.84. The van der Waals surface area contributed by atoms with Crippen molar-refractivity contribution in [2.75, 3.05) is 16.0 Å². The minimum absolute atomic E-state index is 0.173. The lowest BCUT2D eigenvalue weighted by Gasteiger charge is -2.20. The molecule has 4 aromatic carbocycles. The largest absolute Gasteiger partial charge is 0.351 e. The molecular formula is C45H45F3N6O3. The number of carbonyl (C=O) groups excluding carboxylic acids is 3. The van der Waals surface area contributed by atoms with Gasteiger partial charge in [0.2, 0.25) is 0 Å². The van der Waals surface area contributed by atoms with Gasteiger partial charge in [0.25, 0.3) is 0 Å². The third-order valence-electron chi connectivity index (χ3n) is 8.71. The summed E-state index contributed by atoms with van der Waals surface area (Å²) in [6.45, 7) is 17.5. The van der Waals surface area contributed by atoms with Crippen molar-refractivity contribution in [1.29, 1.82) is 0 Å². The Bertz CT molecular complexity index is 2190. The monoisotopic (exact) mass is 774 g/mol. The molecule has 0 unspecified atom stereocenters. The fourth-order valence-electron chi connectivity index (χ4n) is 5.45. The Morgan fingerprint density at radius 1 is 0.439 bits per heavy atom. The fraction of sp³-hybridized carbons (Fsp3) is 0.267. The first-order chi connectivity index (χ1) is 26.4. The highest BCUT2D eigenvalue weighted by Crippen LogP contribution is 2.31. The van der Waals surface area contributed by atoms with Crippen LogP contribution in [-0.4, -0.2) is 18.1 Å². The maximum absolute atomic E-state index is 16.5. The Kier molecular flexibility index (Phi) is 12.4. The van der Waals surface area contributed by atoms with Crippen LogP contribution in [0.2, 0.25) is 0 Å². The van der Waals surface area contributed by atoms with Crippen molar-refractivity contribution in [1.82, 2.24) is 0 Å². The standard InChI is InChI=1S/C45H45F3N6O3/c1-43(2,3)28-13-19-34(52-40(49)55)25(22-28)10-16-31-37(46)32(17-11-26-23-29(44(4,5)6)14-20-35(26)53-41(50)56)39(48)33(38(31)47)18-12-27-24-30(45(7,8)9)15-21-36(27)54-42(51)57/h13-15,19-24H,1-9H3,(H3,49,52,55)(H3,50,53,56)(H3,51,54,57). The van der Waals surface area contributed by atoms with Crippen LogP contribution in [0.1, 0.15) is 112 Å². The van der Waals surface area contributed by atoms with Gasteiger partial charge in [0.1, 0.15) is 0 Å². The van der Waals surface area contributed by atoms with Gasteiger partial charge >= 0.3 is 18.1 Å². The first-order valence-corrected chi connectivity index (χ1v) is 17.8. The molecule has 0 saturated carbocycles. The second-order valence-corrected chi connectivity index (χ2v) is 16.3. The summed E-state index contributed by atoms with van der Waals surface area (Å²) in [6.07, 6.45) is 0. The normalized spacial score (nSPS) is 11.2. The molecule has 0 aromatic heterocycles. The molecule has 0 aliphatic heterocycles. The quantitative estimate of drug-likeness (QED) is 0.115. The maximum Gasteiger partial charge on any atom is 0.316 e. The number of benzene rings is 4. The average Bonchev–Trinajstić information content (AvgIpc) is 3.07. The summed E-state index contributed by atoms with van der Waals surface area (Å²) in [7, 11) is 0. The SMILES string of the molecule is CC(C)(C)c1ccc(NC(N)=O)c(C#Cc2c(F)c(C#Cc3cc(C(C)(C)C)ccc3NC(N)=O)c(F)c(C#Cc3cc(C(C)(C)C)ccc3NC(N)=O)c2F)c1. The number of anilines is 3. The van der Waals surface area contributed by atoms with Crippen molar-refractivity contribution in [3.05, 3.63) is 122 Å². The van der Waals surface area contributed by atoms with Crippen LogP contribution in [0.4, 0.5) is 44.6 Å². The van der Waals surface area contributed by atoms with Gasteiger partial charge in [-0.1, -0.05) is 116 Å². The minimum atomic E-state index is -1.42. The molecule has 0 heterocycles. The zero-order valence-electron chi connectivity index (χ0n) is 33.3. The molecule has 0 aliphatic rings. The molecule has 9 nitrogen and oxygen atoms in total. The topological polar surface area (TPSA) is 165 Å². The van der Waals surface area contributed by atoms with Crippen LogP contribution < -0.4 is 33.2 Å². The van der Waals surface area contributed by atoms with Gasteiger partial charge in [0.05, 0.1) is 33.8 Å². The highest BCUT2D eigenvalue weighted by Gasteiger charge is 2.24. The van der Waals surface area contributed by atoms with Crippen LogP contribution in [0.15, 0.2) is 54.6 Å². The van der Waals surface area contributed by atoms with Crippen LogP contribution >= 0.6 is 0 Å². The number of hydrogen-bond acceptors (Lipinski definition) is 3. The summed E-state index contributed by atoms with van der Waals surface area (Å²) in [5.74, 6) is 11.3. The van der Waals surface area contributed by atoms with Gasteiger partial charge in [-0.15, -0.1) is 0 Å². The fourth-order valence-corrected chi connectivity index (χ4v) is 5.45. The van der Waals surface area contributed by atoms with Crippen molar-refractivity contribution in [3.63, 3.8) is 0 Å².